The van der Waals surface area contributed by atoms with Gasteiger partial charge in [-0.05, 0) is 74.7 Å². The van der Waals surface area contributed by atoms with E-state index in [1.807, 2.05) is 56.3 Å². The van der Waals surface area contributed by atoms with Crippen molar-refractivity contribution in [2.45, 2.75) is 44.9 Å². The van der Waals surface area contributed by atoms with Gasteiger partial charge in [0, 0.05) is 31.0 Å². The Kier molecular flexibility index (Phi) is 6.74. The van der Waals surface area contributed by atoms with E-state index < -0.39 is 5.54 Å². The summed E-state index contributed by atoms with van der Waals surface area (Å²) in [6.45, 7) is 6.37. The zero-order chi connectivity index (χ0) is 25.1. The van der Waals surface area contributed by atoms with Crippen molar-refractivity contribution in [1.82, 2.24) is 4.90 Å². The fraction of sp³-hybridized carbons (Fsp3) is 0.310. The van der Waals surface area contributed by atoms with Gasteiger partial charge in [-0.3, -0.25) is 9.80 Å². The minimum Gasteiger partial charge on any atom is -0.491 e. The average molecular weight is 487 g/mol. The molecule has 0 saturated carbocycles. The van der Waals surface area contributed by atoms with Gasteiger partial charge in [0.15, 0.2) is 0 Å². The highest BCUT2D eigenvalue weighted by Gasteiger charge is 2.52. The van der Waals surface area contributed by atoms with Crippen LogP contribution in [0.5, 0.6) is 5.75 Å². The summed E-state index contributed by atoms with van der Waals surface area (Å²) in [5, 5.41) is 3.40. The summed E-state index contributed by atoms with van der Waals surface area (Å²) in [6.07, 6.45) is 1.48. The molecule has 2 aliphatic heterocycles. The number of hydrogen-bond acceptors (Lipinski definition) is 4. The Bertz CT molecular complexity index is 1250. The monoisotopic (exact) mass is 486 g/mol. The highest BCUT2D eigenvalue weighted by Crippen LogP contribution is 2.40. The van der Waals surface area contributed by atoms with E-state index in [2.05, 4.69) is 27.3 Å². The first-order valence-electron chi connectivity index (χ1n) is 12.4. The van der Waals surface area contributed by atoms with Crippen molar-refractivity contribution in [1.29, 1.82) is 0 Å². The molecular formula is C29H31FN4O2. The van der Waals surface area contributed by atoms with Crippen LogP contribution in [0, 0.1) is 5.82 Å². The summed E-state index contributed by atoms with van der Waals surface area (Å²) >= 11 is 0. The lowest BCUT2D eigenvalue weighted by Crippen LogP contribution is -2.59. The van der Waals surface area contributed by atoms with Gasteiger partial charge in [-0.25, -0.2) is 9.18 Å². The van der Waals surface area contributed by atoms with E-state index in [9.17, 15) is 9.18 Å². The molecule has 0 radical (unpaired) electrons. The van der Waals surface area contributed by atoms with Crippen molar-refractivity contribution in [2.75, 3.05) is 23.3 Å². The van der Waals surface area contributed by atoms with Crippen LogP contribution in [0.25, 0.3) is 0 Å². The van der Waals surface area contributed by atoms with E-state index >= 15 is 0 Å². The number of halogens is 1. The van der Waals surface area contributed by atoms with Gasteiger partial charge in [-0.1, -0.05) is 36.4 Å². The van der Waals surface area contributed by atoms with E-state index in [4.69, 9.17) is 4.74 Å². The molecule has 1 spiro atoms. The second kappa shape index (κ2) is 10.1. The van der Waals surface area contributed by atoms with Crippen LogP contribution in [0.15, 0.2) is 83.9 Å². The third-order valence-electron chi connectivity index (χ3n) is 6.73. The molecule has 0 aliphatic carbocycles. The Morgan fingerprint density at radius 1 is 1.00 bits per heavy atom. The number of aliphatic imine (C=N–C) groups is 1. The second-order valence-corrected chi connectivity index (χ2v) is 9.67. The van der Waals surface area contributed by atoms with Gasteiger partial charge in [0.2, 0.25) is 0 Å². The summed E-state index contributed by atoms with van der Waals surface area (Å²) in [6, 6.07) is 23.8. The van der Waals surface area contributed by atoms with Gasteiger partial charge in [-0.15, -0.1) is 0 Å². The number of benzene rings is 3. The molecule has 0 atom stereocenters. The molecule has 3 aromatic rings. The number of carbonyl (C=O) groups excluding carboxylic acids is 1. The number of rotatable bonds is 6. The molecule has 6 nitrogen and oxygen atoms in total. The van der Waals surface area contributed by atoms with Gasteiger partial charge in [0.05, 0.1) is 6.10 Å². The number of ether oxygens (including phenoxy) is 1. The summed E-state index contributed by atoms with van der Waals surface area (Å²) in [7, 11) is 0. The van der Waals surface area contributed by atoms with Gasteiger partial charge < -0.3 is 10.1 Å². The quantitative estimate of drug-likeness (QED) is 0.458. The number of urea groups is 1. The standard InChI is InChI=1S/C29H31FN4O2/c1-21(2)36-26-13-6-8-22(18-26)20-33-16-14-29(15-17-33)27(31-24-10-4-3-5-11-24)32-28(35)34(29)25-12-7-9-23(30)19-25/h3-13,18-19,21H,14-17,20H2,1-2H3,(H,31,32,35). The molecule has 7 heteroatoms. The smallest absolute Gasteiger partial charge is 0.350 e. The number of anilines is 2. The third-order valence-corrected chi connectivity index (χ3v) is 6.73. The zero-order valence-corrected chi connectivity index (χ0v) is 20.7. The van der Waals surface area contributed by atoms with Gasteiger partial charge in [0.25, 0.3) is 0 Å². The van der Waals surface area contributed by atoms with E-state index in [1.165, 1.54) is 17.7 Å². The Labute approximate surface area is 211 Å². The van der Waals surface area contributed by atoms with Gasteiger partial charge in [0.1, 0.15) is 22.9 Å². The van der Waals surface area contributed by atoms with Gasteiger partial charge in [-0.2, -0.15) is 4.99 Å². The minimum atomic E-state index is -0.667. The molecule has 1 fully saturated rings. The Hall–Kier alpha value is -3.71. The number of hydrogen-bond donors (Lipinski definition) is 1. The van der Waals surface area contributed by atoms with Crippen LogP contribution >= 0.6 is 0 Å². The lowest BCUT2D eigenvalue weighted by atomic mass is 9.84. The first kappa shape index (κ1) is 24.0. The Morgan fingerprint density at radius 3 is 2.47 bits per heavy atom. The number of amides is 2. The molecule has 1 N–H and O–H groups in total. The van der Waals surface area contributed by atoms with Crippen LogP contribution < -0.4 is 15.0 Å². The lowest BCUT2D eigenvalue weighted by molar-refractivity contribution is 0.183. The van der Waals surface area contributed by atoms with Crippen LogP contribution in [0.1, 0.15) is 32.3 Å². The maximum atomic E-state index is 14.2. The molecule has 1 saturated heterocycles. The number of likely N-dealkylation sites (tertiary alicyclic amines) is 1. The largest absolute Gasteiger partial charge is 0.491 e. The second-order valence-electron chi connectivity index (χ2n) is 9.67. The molecule has 2 amide bonds. The van der Waals surface area contributed by atoms with E-state index in [0.29, 0.717) is 24.4 Å². The van der Waals surface area contributed by atoms with E-state index in [-0.39, 0.29) is 18.0 Å². The molecular weight excluding hydrogens is 455 g/mol. The van der Waals surface area contributed by atoms with Crippen LogP contribution in [-0.4, -0.2) is 41.5 Å². The molecule has 0 bridgehead atoms. The van der Waals surface area contributed by atoms with E-state index in [1.54, 1.807) is 17.0 Å². The maximum Gasteiger partial charge on any atom is 0.350 e. The predicted octanol–water partition coefficient (Wildman–Crippen LogP) is 6.10. The molecule has 5 rings (SSSR count). The first-order chi connectivity index (χ1) is 17.4. The lowest BCUT2D eigenvalue weighted by Gasteiger charge is -2.45. The molecule has 186 valence electrons. The number of nitrogens with zero attached hydrogens (tertiary/aromatic N) is 3. The van der Waals surface area contributed by atoms with Crippen molar-refractivity contribution < 1.29 is 13.9 Å². The predicted molar refractivity (Wildman–Crippen MR) is 141 cm³/mol. The number of amidine groups is 1. The average Bonchev–Trinajstić information content (AvgIpc) is 3.11. The molecule has 0 unspecified atom stereocenters. The SMILES string of the molecule is CC(C)Oc1cccc(CN2CCC3(CC2)C(Nc2ccccc2)=NC(=O)N3c2cccc(F)c2)c1. The summed E-state index contributed by atoms with van der Waals surface area (Å²) in [5.74, 6) is 1.12. The van der Waals surface area contributed by atoms with Crippen LogP contribution in [0.4, 0.5) is 20.6 Å². The van der Waals surface area contributed by atoms with Crippen molar-refractivity contribution in [3.05, 3.63) is 90.2 Å². The molecule has 36 heavy (non-hydrogen) atoms. The molecule has 2 heterocycles. The van der Waals surface area contributed by atoms with Crippen molar-refractivity contribution in [3.63, 3.8) is 0 Å². The normalized spacial score (nSPS) is 17.5. The Morgan fingerprint density at radius 2 is 1.75 bits per heavy atom. The highest BCUT2D eigenvalue weighted by atomic mass is 19.1. The van der Waals surface area contributed by atoms with Crippen LogP contribution in [-0.2, 0) is 6.54 Å². The minimum absolute atomic E-state index is 0.124. The Balaban J connectivity index is 1.39. The maximum absolute atomic E-state index is 14.2. The zero-order valence-electron chi connectivity index (χ0n) is 20.7. The molecule has 2 aliphatic rings. The number of piperidine rings is 1. The van der Waals surface area contributed by atoms with Crippen molar-refractivity contribution in [3.8, 4) is 5.75 Å². The number of nitrogens with one attached hydrogen (secondary N) is 1. The summed E-state index contributed by atoms with van der Waals surface area (Å²) < 4.78 is 20.0. The molecule has 0 aromatic heterocycles. The fourth-order valence-electron chi connectivity index (χ4n) is 5.10. The summed E-state index contributed by atoms with van der Waals surface area (Å²) in [4.78, 5) is 21.7. The summed E-state index contributed by atoms with van der Waals surface area (Å²) in [5.41, 5.74) is 1.92. The fourth-order valence-corrected chi connectivity index (χ4v) is 5.10. The number of para-hydroxylation sites is 1. The number of carbonyl (C=O) groups is 1. The van der Waals surface area contributed by atoms with E-state index in [0.717, 1.165) is 31.1 Å². The van der Waals surface area contributed by atoms with Crippen LogP contribution in [0.3, 0.4) is 0 Å². The van der Waals surface area contributed by atoms with Gasteiger partial charge >= 0.3 is 6.03 Å². The van der Waals surface area contributed by atoms with Crippen molar-refractivity contribution in [2.24, 2.45) is 4.99 Å². The highest BCUT2D eigenvalue weighted by molar-refractivity contribution is 6.20. The topological polar surface area (TPSA) is 57.2 Å². The van der Waals surface area contributed by atoms with Crippen molar-refractivity contribution >= 4 is 23.2 Å². The molecule has 3 aromatic carbocycles. The third kappa shape index (κ3) is 4.97. The first-order valence-corrected chi connectivity index (χ1v) is 12.4. The van der Waals surface area contributed by atoms with Crippen LogP contribution in [0.2, 0.25) is 0 Å².